The van der Waals surface area contributed by atoms with Crippen molar-refractivity contribution in [3.63, 3.8) is 0 Å². The van der Waals surface area contributed by atoms with Gasteiger partial charge in [0.15, 0.2) is 0 Å². The molecular formula is C17H32N4. The molecule has 0 bridgehead atoms. The molecule has 1 aromatic rings. The lowest BCUT2D eigenvalue weighted by Gasteiger charge is -2.35. The molecule has 21 heavy (non-hydrogen) atoms. The number of nitrogens with one attached hydrogen (secondary N) is 1. The van der Waals surface area contributed by atoms with Crippen LogP contribution in [0.5, 0.6) is 0 Å². The van der Waals surface area contributed by atoms with Crippen LogP contribution in [0.2, 0.25) is 0 Å². The van der Waals surface area contributed by atoms with E-state index in [9.17, 15) is 0 Å². The molecule has 4 nitrogen and oxygen atoms in total. The van der Waals surface area contributed by atoms with Gasteiger partial charge in [-0.2, -0.15) is 5.10 Å². The fourth-order valence-electron chi connectivity index (χ4n) is 3.51. The lowest BCUT2D eigenvalue weighted by atomic mass is 9.91. The van der Waals surface area contributed by atoms with Crippen LogP contribution < -0.4 is 5.32 Å². The Balaban J connectivity index is 2.07. The van der Waals surface area contributed by atoms with Crippen molar-refractivity contribution in [2.75, 3.05) is 25.0 Å². The maximum Gasteiger partial charge on any atom is 0.0828 e. The van der Waals surface area contributed by atoms with Crippen LogP contribution >= 0.6 is 0 Å². The number of piperidine rings is 1. The molecule has 0 saturated carbocycles. The quantitative estimate of drug-likeness (QED) is 0.900. The lowest BCUT2D eigenvalue weighted by molar-refractivity contribution is 0.172. The molecule has 2 unspecified atom stereocenters. The third kappa shape index (κ3) is 3.60. The van der Waals surface area contributed by atoms with E-state index in [1.807, 2.05) is 0 Å². The molecule has 120 valence electrons. The smallest absolute Gasteiger partial charge is 0.0828 e. The summed E-state index contributed by atoms with van der Waals surface area (Å²) in [6, 6.07) is 0.918. The van der Waals surface area contributed by atoms with Gasteiger partial charge in [-0.1, -0.05) is 6.92 Å². The molecule has 0 aliphatic carbocycles. The van der Waals surface area contributed by atoms with E-state index < -0.39 is 0 Å². The average Bonchev–Trinajstić information content (AvgIpc) is 2.75. The number of hydrogen-bond acceptors (Lipinski definition) is 3. The molecular weight excluding hydrogens is 260 g/mol. The van der Waals surface area contributed by atoms with Crippen LogP contribution in [-0.4, -0.2) is 40.4 Å². The third-order valence-corrected chi connectivity index (χ3v) is 4.88. The fraction of sp³-hybridized carbons (Fsp3) is 0.824. The van der Waals surface area contributed by atoms with E-state index in [1.54, 1.807) is 0 Å². The molecule has 1 aromatic heterocycles. The van der Waals surface area contributed by atoms with Gasteiger partial charge in [0.2, 0.25) is 0 Å². The topological polar surface area (TPSA) is 33.1 Å². The Kier molecular flexibility index (Phi) is 5.31. The standard InChI is InChI=1S/C17H32N4/c1-7-20-10-8-9-16(11-20)13(4)18-17-14(5)19-21(12(2)3)15(17)6/h12-13,16,18H,7-11H2,1-6H3. The first-order valence-corrected chi connectivity index (χ1v) is 8.48. The Bertz CT molecular complexity index is 464. The molecule has 0 spiro atoms. The SMILES string of the molecule is CCN1CCCC(C(C)Nc2c(C)nn(C(C)C)c2C)C1. The normalized spacial score (nSPS) is 21.8. The second-order valence-corrected chi connectivity index (χ2v) is 6.81. The number of likely N-dealkylation sites (tertiary alicyclic amines) is 1. The summed E-state index contributed by atoms with van der Waals surface area (Å²) in [7, 11) is 0. The highest BCUT2D eigenvalue weighted by molar-refractivity contribution is 5.53. The van der Waals surface area contributed by atoms with E-state index in [1.165, 1.54) is 43.9 Å². The molecule has 4 heteroatoms. The van der Waals surface area contributed by atoms with Crippen LogP contribution in [0.25, 0.3) is 0 Å². The predicted octanol–water partition coefficient (Wildman–Crippen LogP) is 3.61. The summed E-state index contributed by atoms with van der Waals surface area (Å²) < 4.78 is 2.13. The van der Waals surface area contributed by atoms with Gasteiger partial charge in [-0.05, 0) is 66.5 Å². The van der Waals surface area contributed by atoms with Gasteiger partial charge in [0.1, 0.15) is 0 Å². The minimum atomic E-state index is 0.416. The molecule has 2 rings (SSSR count). The highest BCUT2D eigenvalue weighted by Gasteiger charge is 2.25. The maximum absolute atomic E-state index is 4.68. The highest BCUT2D eigenvalue weighted by atomic mass is 15.3. The van der Waals surface area contributed by atoms with Crippen molar-refractivity contribution in [2.45, 2.75) is 66.5 Å². The van der Waals surface area contributed by atoms with Crippen molar-refractivity contribution < 1.29 is 0 Å². The summed E-state index contributed by atoms with van der Waals surface area (Å²) in [6.07, 6.45) is 2.66. The Hall–Kier alpha value is -1.03. The monoisotopic (exact) mass is 292 g/mol. The maximum atomic E-state index is 4.68. The number of nitrogens with zero attached hydrogens (tertiary/aromatic N) is 3. The Morgan fingerprint density at radius 2 is 2.00 bits per heavy atom. The van der Waals surface area contributed by atoms with Crippen molar-refractivity contribution >= 4 is 5.69 Å². The summed E-state index contributed by atoms with van der Waals surface area (Å²) >= 11 is 0. The van der Waals surface area contributed by atoms with E-state index in [4.69, 9.17) is 0 Å². The first-order chi connectivity index (χ1) is 9.93. The zero-order valence-corrected chi connectivity index (χ0v) is 14.6. The molecule has 1 fully saturated rings. The van der Waals surface area contributed by atoms with E-state index >= 15 is 0 Å². The van der Waals surface area contributed by atoms with Crippen molar-refractivity contribution in [1.82, 2.24) is 14.7 Å². The minimum Gasteiger partial charge on any atom is -0.379 e. The Morgan fingerprint density at radius 1 is 1.29 bits per heavy atom. The van der Waals surface area contributed by atoms with Gasteiger partial charge < -0.3 is 10.2 Å². The number of aryl methyl sites for hydroxylation is 1. The van der Waals surface area contributed by atoms with Crippen LogP contribution in [0.15, 0.2) is 0 Å². The molecule has 1 aliphatic heterocycles. The second kappa shape index (κ2) is 6.82. The molecule has 2 atom stereocenters. The van der Waals surface area contributed by atoms with Gasteiger partial charge in [-0.25, -0.2) is 0 Å². The predicted molar refractivity (Wildman–Crippen MR) is 90.0 cm³/mol. The number of anilines is 1. The molecule has 1 N–H and O–H groups in total. The van der Waals surface area contributed by atoms with Gasteiger partial charge in [0, 0.05) is 18.6 Å². The van der Waals surface area contributed by atoms with Crippen molar-refractivity contribution in [3.8, 4) is 0 Å². The van der Waals surface area contributed by atoms with Gasteiger partial charge in [-0.3, -0.25) is 4.68 Å². The molecule has 0 amide bonds. The summed E-state index contributed by atoms with van der Waals surface area (Å²) in [6.45, 7) is 16.9. The Morgan fingerprint density at radius 3 is 2.57 bits per heavy atom. The lowest BCUT2D eigenvalue weighted by Crippen LogP contribution is -2.41. The molecule has 1 aliphatic rings. The summed E-state index contributed by atoms with van der Waals surface area (Å²) in [4.78, 5) is 2.57. The zero-order chi connectivity index (χ0) is 15.6. The van der Waals surface area contributed by atoms with Crippen LogP contribution in [0, 0.1) is 19.8 Å². The fourth-order valence-corrected chi connectivity index (χ4v) is 3.51. The highest BCUT2D eigenvalue weighted by Crippen LogP contribution is 2.27. The largest absolute Gasteiger partial charge is 0.379 e. The number of rotatable bonds is 5. The first-order valence-electron chi connectivity index (χ1n) is 8.48. The van der Waals surface area contributed by atoms with Gasteiger partial charge in [-0.15, -0.1) is 0 Å². The zero-order valence-electron chi connectivity index (χ0n) is 14.6. The van der Waals surface area contributed by atoms with E-state index in [0.29, 0.717) is 12.1 Å². The van der Waals surface area contributed by atoms with Crippen LogP contribution in [0.3, 0.4) is 0 Å². The first kappa shape index (κ1) is 16.3. The number of aromatic nitrogens is 2. The van der Waals surface area contributed by atoms with E-state index in [-0.39, 0.29) is 0 Å². The molecule has 2 heterocycles. The Labute approximate surface area is 129 Å². The molecule has 0 radical (unpaired) electrons. The van der Waals surface area contributed by atoms with E-state index in [0.717, 1.165) is 11.6 Å². The second-order valence-electron chi connectivity index (χ2n) is 6.81. The summed E-state index contributed by atoms with van der Waals surface area (Å²) in [5.74, 6) is 0.736. The van der Waals surface area contributed by atoms with Crippen molar-refractivity contribution in [3.05, 3.63) is 11.4 Å². The van der Waals surface area contributed by atoms with Crippen molar-refractivity contribution in [2.24, 2.45) is 5.92 Å². The van der Waals surface area contributed by atoms with Crippen molar-refractivity contribution in [1.29, 1.82) is 0 Å². The van der Waals surface area contributed by atoms with Crippen LogP contribution in [-0.2, 0) is 0 Å². The van der Waals surface area contributed by atoms with E-state index in [2.05, 4.69) is 61.5 Å². The summed E-state index contributed by atoms with van der Waals surface area (Å²) in [5.41, 5.74) is 3.62. The number of hydrogen-bond donors (Lipinski definition) is 1. The summed E-state index contributed by atoms with van der Waals surface area (Å²) in [5, 5.41) is 8.44. The van der Waals surface area contributed by atoms with Gasteiger partial charge >= 0.3 is 0 Å². The molecule has 0 aromatic carbocycles. The third-order valence-electron chi connectivity index (χ3n) is 4.88. The molecule has 1 saturated heterocycles. The minimum absolute atomic E-state index is 0.416. The average molecular weight is 292 g/mol. The van der Waals surface area contributed by atoms with Gasteiger partial charge in [0.25, 0.3) is 0 Å². The van der Waals surface area contributed by atoms with Crippen LogP contribution in [0.1, 0.15) is 58.0 Å². The van der Waals surface area contributed by atoms with Crippen LogP contribution in [0.4, 0.5) is 5.69 Å². The van der Waals surface area contributed by atoms with Gasteiger partial charge in [0.05, 0.1) is 17.1 Å².